The maximum atomic E-state index is 17.2. The van der Waals surface area contributed by atoms with Crippen molar-refractivity contribution in [2.45, 2.75) is 140 Å². The van der Waals surface area contributed by atoms with Gasteiger partial charge in [-0.05, 0) is 112 Å². The molecule has 8 atom stereocenters. The number of aromatic nitrogens is 4. The zero-order valence-electron chi connectivity index (χ0n) is 45.4. The summed E-state index contributed by atoms with van der Waals surface area (Å²) in [6.45, 7) is 11.8. The van der Waals surface area contributed by atoms with Gasteiger partial charge in [-0.1, -0.05) is 57.2 Å². The molecule has 2 unspecified atom stereocenters. The Morgan fingerprint density at radius 1 is 1.03 bits per heavy atom. The molecule has 418 valence electrons. The molecule has 0 radical (unpaired) electrons. The number of β-amino-alcohol motifs (C(OH)–C–C–N with tert-alkyl or cyclic N) is 1. The highest BCUT2D eigenvalue weighted by atomic mass is 32.1. The number of hydrogen-bond donors (Lipinski definition) is 5. The predicted octanol–water partition coefficient (Wildman–Crippen LogP) is 7.43. The molecule has 5 aliphatic rings. The standard InChI is InChI=1S/C59H70F2N10O7S/c1-33(35-12-14-36(15-13-35)52-34(2)63-32-79-52)64-55(76)46-25-42(74)29-70(46)56(77)53(58(3,4)5)71-40(18-19-47(71)75)10-7-21-69-22-8-20-59(69,30-72)31-78-57-66-51-44(54(67-57)68-27-38-16-17-39(28-68)65-38)26-62-50(49(51)61)43-24-41(73)23-37-9-6-11-45(60)48(37)43/h6,9,11-15,23-24,26,32-33,38-40,42,46,53,65,72-74H,7-8,10,16-22,25,27-31H2,1-5H3,(H,64,76)/t33-,38?,39?,40-,42+,46-,53+,59+/m0/s1. The number of fused-ring (bicyclic) bond motifs is 4. The summed E-state index contributed by atoms with van der Waals surface area (Å²) in [4.78, 5) is 70.1. The van der Waals surface area contributed by atoms with Crippen LogP contribution in [0.25, 0.3) is 43.4 Å². The SMILES string of the molecule is Cc1ncsc1-c1ccc([C@H](C)NC(=O)[C@@H]2C[C@@H](O)CN2C(=O)[C@@H](N2C(=O)CC[C@@H]2CCCN2CCC[C@@]2(CO)COc2nc(N3CC4CCC(C3)N4)c3cnc(-c4cc(O)cc5cccc(F)c45)c(F)c3n2)C(C)(C)C)cc1. The van der Waals surface area contributed by atoms with E-state index in [1.807, 2.05) is 64.4 Å². The summed E-state index contributed by atoms with van der Waals surface area (Å²) in [6, 6.07) is 13.0. The fraction of sp³-hybridized carbons (Fsp3) is 0.508. The van der Waals surface area contributed by atoms with Crippen molar-refractivity contribution in [1.82, 2.24) is 45.3 Å². The van der Waals surface area contributed by atoms with E-state index in [0.29, 0.717) is 68.5 Å². The molecule has 0 spiro atoms. The zero-order chi connectivity index (χ0) is 55.5. The fourth-order valence-corrected chi connectivity index (χ4v) is 14.0. The van der Waals surface area contributed by atoms with E-state index in [0.717, 1.165) is 41.0 Å². The number of halogens is 2. The summed E-state index contributed by atoms with van der Waals surface area (Å²) in [5, 5.41) is 40.5. The van der Waals surface area contributed by atoms with Crippen molar-refractivity contribution >= 4 is 56.6 Å². The van der Waals surface area contributed by atoms with Gasteiger partial charge in [0.15, 0.2) is 5.82 Å². The van der Waals surface area contributed by atoms with Crippen LogP contribution in [-0.4, -0.2) is 155 Å². The first-order valence-electron chi connectivity index (χ1n) is 27.8. The largest absolute Gasteiger partial charge is 0.508 e. The predicted molar refractivity (Wildman–Crippen MR) is 297 cm³/mol. The van der Waals surface area contributed by atoms with E-state index >= 15 is 8.78 Å². The van der Waals surface area contributed by atoms with Crippen molar-refractivity contribution in [3.63, 3.8) is 0 Å². The summed E-state index contributed by atoms with van der Waals surface area (Å²) < 4.78 is 39.1. The lowest BCUT2D eigenvalue weighted by Crippen LogP contribution is -2.59. The number of carbonyl (C=O) groups is 3. The number of nitrogens with one attached hydrogen (secondary N) is 2. The normalized spacial score (nSPS) is 24.3. The van der Waals surface area contributed by atoms with Crippen molar-refractivity contribution in [3.8, 4) is 33.5 Å². The molecule has 0 saturated carbocycles. The van der Waals surface area contributed by atoms with Crippen LogP contribution >= 0.6 is 11.3 Å². The number of benzene rings is 3. The molecule has 0 aliphatic carbocycles. The number of phenolic OH excluding ortho intramolecular Hbond substituents is 1. The first kappa shape index (κ1) is 54.5. The van der Waals surface area contributed by atoms with Crippen molar-refractivity contribution < 1.29 is 43.2 Å². The highest BCUT2D eigenvalue weighted by molar-refractivity contribution is 7.13. The van der Waals surface area contributed by atoms with Crippen molar-refractivity contribution in [1.29, 1.82) is 0 Å². The highest BCUT2D eigenvalue weighted by Gasteiger charge is 2.50. The van der Waals surface area contributed by atoms with E-state index in [9.17, 15) is 29.7 Å². The van der Waals surface area contributed by atoms with E-state index in [4.69, 9.17) is 9.72 Å². The molecule has 5 fully saturated rings. The summed E-state index contributed by atoms with van der Waals surface area (Å²) in [5.74, 6) is -1.98. The molecule has 6 aromatic rings. The van der Waals surface area contributed by atoms with Gasteiger partial charge in [-0.3, -0.25) is 24.3 Å². The minimum absolute atomic E-state index is 0.00737. The number of phenols is 1. The highest BCUT2D eigenvalue weighted by Crippen LogP contribution is 2.41. The third kappa shape index (κ3) is 10.6. The lowest BCUT2D eigenvalue weighted by molar-refractivity contribution is -0.152. The van der Waals surface area contributed by atoms with Crippen LogP contribution in [0.3, 0.4) is 0 Å². The smallest absolute Gasteiger partial charge is 0.319 e. The molecule has 79 heavy (non-hydrogen) atoms. The number of rotatable bonds is 16. The molecule has 17 nitrogen and oxygen atoms in total. The average molecular weight is 1100 g/mol. The molecule has 5 saturated heterocycles. The number of likely N-dealkylation sites (tertiary alicyclic amines) is 3. The number of thiazole rings is 1. The molecule has 3 amide bonds. The number of nitrogens with zero attached hydrogens (tertiary/aromatic N) is 8. The summed E-state index contributed by atoms with van der Waals surface area (Å²) in [5.41, 5.74) is 2.97. The van der Waals surface area contributed by atoms with E-state index in [2.05, 4.69) is 35.4 Å². The van der Waals surface area contributed by atoms with Crippen LogP contribution in [0.4, 0.5) is 14.6 Å². The first-order chi connectivity index (χ1) is 37.9. The van der Waals surface area contributed by atoms with Gasteiger partial charge in [0, 0.05) is 67.7 Å². The Morgan fingerprint density at radius 3 is 2.52 bits per heavy atom. The molecule has 2 bridgehead atoms. The van der Waals surface area contributed by atoms with Crippen LogP contribution in [-0.2, 0) is 14.4 Å². The van der Waals surface area contributed by atoms with E-state index in [-0.39, 0.29) is 108 Å². The van der Waals surface area contributed by atoms with E-state index in [1.54, 1.807) is 22.3 Å². The monoisotopic (exact) mass is 1100 g/mol. The maximum Gasteiger partial charge on any atom is 0.319 e. The number of carbonyl (C=O) groups excluding carboxylic acids is 3. The number of ether oxygens (including phenoxy) is 1. The second-order valence-electron chi connectivity index (χ2n) is 23.6. The summed E-state index contributed by atoms with van der Waals surface area (Å²) in [7, 11) is 0. The third-order valence-corrected chi connectivity index (χ3v) is 18.1. The number of piperazine rings is 1. The van der Waals surface area contributed by atoms with Crippen LogP contribution in [0.2, 0.25) is 0 Å². The Kier molecular flexibility index (Phi) is 15.1. The Hall–Kier alpha value is -6.45. The minimum Gasteiger partial charge on any atom is -0.508 e. The molecule has 5 aliphatic heterocycles. The van der Waals surface area contributed by atoms with Gasteiger partial charge in [0.05, 0.1) is 45.8 Å². The summed E-state index contributed by atoms with van der Waals surface area (Å²) in [6.07, 6.45) is 6.08. The lowest BCUT2D eigenvalue weighted by Gasteiger charge is -2.43. The van der Waals surface area contributed by atoms with Crippen molar-refractivity contribution in [2.24, 2.45) is 5.41 Å². The number of amides is 3. The van der Waals surface area contributed by atoms with Crippen LogP contribution in [0.15, 0.2) is 66.3 Å². The van der Waals surface area contributed by atoms with Gasteiger partial charge in [0.1, 0.15) is 47.3 Å². The van der Waals surface area contributed by atoms with Gasteiger partial charge in [-0.25, -0.2) is 13.8 Å². The fourth-order valence-electron chi connectivity index (χ4n) is 13.2. The van der Waals surface area contributed by atoms with Crippen LogP contribution < -0.4 is 20.3 Å². The van der Waals surface area contributed by atoms with Gasteiger partial charge in [-0.2, -0.15) is 9.97 Å². The van der Waals surface area contributed by atoms with Crippen molar-refractivity contribution in [3.05, 3.63) is 89.2 Å². The van der Waals surface area contributed by atoms with Gasteiger partial charge in [-0.15, -0.1) is 11.3 Å². The Balaban J connectivity index is 0.789. The molecule has 11 rings (SSSR count). The van der Waals surface area contributed by atoms with Crippen LogP contribution in [0, 0.1) is 24.0 Å². The Bertz CT molecular complexity index is 3270. The molecular formula is C59H70F2N10O7S. The molecule has 3 aromatic carbocycles. The number of aliphatic hydroxyl groups excluding tert-OH is 2. The van der Waals surface area contributed by atoms with Crippen LogP contribution in [0.1, 0.15) is 103 Å². The summed E-state index contributed by atoms with van der Waals surface area (Å²) >= 11 is 1.57. The van der Waals surface area contributed by atoms with Crippen LogP contribution in [0.5, 0.6) is 11.8 Å². The number of hydrogen-bond acceptors (Lipinski definition) is 15. The minimum atomic E-state index is -0.928. The number of aryl methyl sites for hydroxylation is 1. The first-order valence-corrected chi connectivity index (χ1v) is 28.7. The Labute approximate surface area is 462 Å². The molecule has 8 heterocycles. The van der Waals surface area contributed by atoms with Gasteiger partial charge in [0.25, 0.3) is 0 Å². The van der Waals surface area contributed by atoms with E-state index < -0.39 is 40.8 Å². The number of aromatic hydroxyl groups is 1. The number of aliphatic hydroxyl groups is 2. The average Bonchev–Trinajstić information content (AvgIpc) is 4.34. The van der Waals surface area contributed by atoms with E-state index in [1.165, 1.54) is 35.4 Å². The quantitative estimate of drug-likeness (QED) is 0.0639. The van der Waals surface area contributed by atoms with Gasteiger partial charge in [0.2, 0.25) is 17.7 Å². The number of pyridine rings is 1. The molecular weight excluding hydrogens is 1030 g/mol. The molecule has 20 heteroatoms. The third-order valence-electron chi connectivity index (χ3n) is 17.1. The molecule has 3 aromatic heterocycles. The Morgan fingerprint density at radius 2 is 1.80 bits per heavy atom. The zero-order valence-corrected chi connectivity index (χ0v) is 46.2. The van der Waals surface area contributed by atoms with Gasteiger partial charge >= 0.3 is 6.01 Å². The second-order valence-corrected chi connectivity index (χ2v) is 24.4. The van der Waals surface area contributed by atoms with Gasteiger partial charge < -0.3 is 45.4 Å². The molecule has 5 N–H and O–H groups in total. The second kappa shape index (κ2) is 21.9. The van der Waals surface area contributed by atoms with Crippen molar-refractivity contribution in [2.75, 3.05) is 50.8 Å². The number of anilines is 1. The maximum absolute atomic E-state index is 17.2. The topological polar surface area (TPSA) is 210 Å². The lowest BCUT2D eigenvalue weighted by atomic mass is 9.83.